The van der Waals surface area contributed by atoms with Gasteiger partial charge >= 0.3 is 0 Å². The fourth-order valence-corrected chi connectivity index (χ4v) is 2.78. The van der Waals surface area contributed by atoms with E-state index in [-0.39, 0.29) is 5.91 Å². The molecule has 1 atom stereocenters. The fraction of sp³-hybridized carbons (Fsp3) is 0.350. The number of carbonyl (C=O) groups is 1. The zero-order chi connectivity index (χ0) is 18.4. The summed E-state index contributed by atoms with van der Waals surface area (Å²) in [4.78, 5) is 14.7. The van der Waals surface area contributed by atoms with E-state index in [4.69, 9.17) is 14.2 Å². The van der Waals surface area contributed by atoms with Gasteiger partial charge < -0.3 is 24.4 Å². The molecule has 138 valence electrons. The third-order valence-corrected chi connectivity index (χ3v) is 4.25. The highest BCUT2D eigenvalue weighted by atomic mass is 16.5. The molecule has 0 spiro atoms. The van der Waals surface area contributed by atoms with E-state index in [1.807, 2.05) is 36.4 Å². The first kappa shape index (κ1) is 18.1. The molecule has 1 aliphatic rings. The van der Waals surface area contributed by atoms with Gasteiger partial charge in [-0.3, -0.25) is 4.79 Å². The van der Waals surface area contributed by atoms with E-state index >= 15 is 0 Å². The number of nitrogens with zero attached hydrogens (tertiary/aromatic N) is 1. The topological polar surface area (TPSA) is 60.0 Å². The predicted molar refractivity (Wildman–Crippen MR) is 101 cm³/mol. The number of benzene rings is 2. The zero-order valence-corrected chi connectivity index (χ0v) is 15.1. The molecule has 1 amide bonds. The van der Waals surface area contributed by atoms with Gasteiger partial charge in [0.1, 0.15) is 0 Å². The second kappa shape index (κ2) is 8.58. The van der Waals surface area contributed by atoms with Gasteiger partial charge in [0.25, 0.3) is 5.91 Å². The smallest absolute Gasteiger partial charge is 0.265 e. The van der Waals surface area contributed by atoms with Crippen LogP contribution >= 0.6 is 0 Å². The minimum atomic E-state index is -0.648. The van der Waals surface area contributed by atoms with Crippen LogP contribution in [0.15, 0.2) is 48.5 Å². The highest BCUT2D eigenvalue weighted by molar-refractivity contribution is 5.94. The van der Waals surface area contributed by atoms with E-state index in [9.17, 15) is 4.79 Å². The summed E-state index contributed by atoms with van der Waals surface area (Å²) in [5.74, 6) is 0.928. The molecule has 3 rings (SSSR count). The average molecular weight is 356 g/mol. The molecule has 6 heteroatoms. The van der Waals surface area contributed by atoms with E-state index in [2.05, 4.69) is 10.2 Å². The van der Waals surface area contributed by atoms with Crippen LogP contribution in [0.5, 0.6) is 11.5 Å². The van der Waals surface area contributed by atoms with E-state index in [1.54, 1.807) is 26.2 Å². The Morgan fingerprint density at radius 1 is 1.08 bits per heavy atom. The Labute approximate surface area is 153 Å². The van der Waals surface area contributed by atoms with Crippen LogP contribution in [-0.2, 0) is 9.53 Å². The van der Waals surface area contributed by atoms with Crippen LogP contribution in [0.1, 0.15) is 6.92 Å². The molecule has 0 radical (unpaired) electrons. The first-order chi connectivity index (χ1) is 12.7. The van der Waals surface area contributed by atoms with Crippen LogP contribution in [0.4, 0.5) is 11.4 Å². The number of ether oxygens (including phenoxy) is 3. The van der Waals surface area contributed by atoms with Gasteiger partial charge in [-0.15, -0.1) is 0 Å². The summed E-state index contributed by atoms with van der Waals surface area (Å²) in [5.41, 5.74) is 1.87. The van der Waals surface area contributed by atoms with Crippen molar-refractivity contribution in [1.29, 1.82) is 0 Å². The number of hydrogen-bond donors (Lipinski definition) is 1. The molecule has 2 aromatic carbocycles. The van der Waals surface area contributed by atoms with Crippen LogP contribution < -0.4 is 19.7 Å². The molecule has 0 saturated carbocycles. The molecule has 26 heavy (non-hydrogen) atoms. The van der Waals surface area contributed by atoms with Crippen LogP contribution in [-0.4, -0.2) is 45.4 Å². The van der Waals surface area contributed by atoms with Gasteiger partial charge in [0.15, 0.2) is 17.6 Å². The van der Waals surface area contributed by atoms with E-state index in [1.165, 1.54) is 0 Å². The first-order valence-corrected chi connectivity index (χ1v) is 8.70. The monoisotopic (exact) mass is 356 g/mol. The summed E-state index contributed by atoms with van der Waals surface area (Å²) in [7, 11) is 1.57. The number of carbonyl (C=O) groups excluding carboxylic acids is 1. The molecule has 1 heterocycles. The molecule has 1 aliphatic heterocycles. The Morgan fingerprint density at radius 3 is 2.38 bits per heavy atom. The minimum Gasteiger partial charge on any atom is -0.493 e. The van der Waals surface area contributed by atoms with Crippen molar-refractivity contribution in [2.45, 2.75) is 13.0 Å². The lowest BCUT2D eigenvalue weighted by atomic mass is 10.2. The highest BCUT2D eigenvalue weighted by Crippen LogP contribution is 2.27. The van der Waals surface area contributed by atoms with Crippen LogP contribution in [0.2, 0.25) is 0 Å². The summed E-state index contributed by atoms with van der Waals surface area (Å²) in [5, 5.41) is 2.88. The lowest BCUT2D eigenvalue weighted by Crippen LogP contribution is -2.36. The Morgan fingerprint density at radius 2 is 1.73 bits per heavy atom. The van der Waals surface area contributed by atoms with Gasteiger partial charge in [-0.2, -0.15) is 0 Å². The quantitative estimate of drug-likeness (QED) is 0.862. The van der Waals surface area contributed by atoms with Crippen molar-refractivity contribution >= 4 is 17.3 Å². The highest BCUT2D eigenvalue weighted by Gasteiger charge is 2.17. The molecule has 1 saturated heterocycles. The van der Waals surface area contributed by atoms with Crippen molar-refractivity contribution in [2.75, 3.05) is 43.6 Å². The molecular formula is C20H24N2O4. The number of nitrogens with one attached hydrogen (secondary N) is 1. The molecule has 6 nitrogen and oxygen atoms in total. The molecular weight excluding hydrogens is 332 g/mol. The third kappa shape index (κ3) is 4.46. The Balaban J connectivity index is 1.58. The van der Waals surface area contributed by atoms with Gasteiger partial charge in [0, 0.05) is 24.5 Å². The molecule has 1 fully saturated rings. The maximum atomic E-state index is 12.4. The Kier molecular flexibility index (Phi) is 5.96. The van der Waals surface area contributed by atoms with Gasteiger partial charge in [-0.25, -0.2) is 0 Å². The first-order valence-electron chi connectivity index (χ1n) is 8.70. The van der Waals surface area contributed by atoms with Crippen LogP contribution in [0.25, 0.3) is 0 Å². The molecule has 0 bridgehead atoms. The zero-order valence-electron chi connectivity index (χ0n) is 15.1. The number of amides is 1. The molecule has 0 unspecified atom stereocenters. The van der Waals surface area contributed by atoms with Crippen molar-refractivity contribution < 1.29 is 19.0 Å². The number of methoxy groups -OCH3 is 1. The van der Waals surface area contributed by atoms with Crippen molar-refractivity contribution in [3.8, 4) is 11.5 Å². The van der Waals surface area contributed by atoms with Gasteiger partial charge in [0.05, 0.1) is 20.3 Å². The normalized spacial score (nSPS) is 15.2. The predicted octanol–water partition coefficient (Wildman–Crippen LogP) is 2.94. The van der Waals surface area contributed by atoms with Gasteiger partial charge in [0.2, 0.25) is 0 Å². The number of hydrogen-bond acceptors (Lipinski definition) is 5. The van der Waals surface area contributed by atoms with Crippen molar-refractivity contribution in [2.24, 2.45) is 0 Å². The Hall–Kier alpha value is -2.73. The van der Waals surface area contributed by atoms with Gasteiger partial charge in [-0.1, -0.05) is 12.1 Å². The summed E-state index contributed by atoms with van der Waals surface area (Å²) in [6, 6.07) is 15.1. The van der Waals surface area contributed by atoms with Gasteiger partial charge in [-0.05, 0) is 43.3 Å². The van der Waals surface area contributed by atoms with Crippen molar-refractivity contribution in [3.63, 3.8) is 0 Å². The third-order valence-electron chi connectivity index (χ3n) is 4.25. The second-order valence-corrected chi connectivity index (χ2v) is 6.05. The number of para-hydroxylation sites is 2. The van der Waals surface area contributed by atoms with E-state index in [0.29, 0.717) is 11.5 Å². The number of rotatable bonds is 6. The van der Waals surface area contributed by atoms with E-state index < -0.39 is 6.10 Å². The lowest BCUT2D eigenvalue weighted by molar-refractivity contribution is -0.122. The summed E-state index contributed by atoms with van der Waals surface area (Å²) in [6.07, 6.45) is -0.648. The largest absolute Gasteiger partial charge is 0.493 e. The molecule has 0 aliphatic carbocycles. The maximum absolute atomic E-state index is 12.4. The number of morpholine rings is 1. The van der Waals surface area contributed by atoms with Crippen LogP contribution in [0.3, 0.4) is 0 Å². The Bertz CT molecular complexity index is 727. The molecule has 0 aromatic heterocycles. The minimum absolute atomic E-state index is 0.213. The average Bonchev–Trinajstić information content (AvgIpc) is 2.69. The second-order valence-electron chi connectivity index (χ2n) is 6.05. The summed E-state index contributed by atoms with van der Waals surface area (Å²) >= 11 is 0. The molecule has 1 N–H and O–H groups in total. The van der Waals surface area contributed by atoms with Crippen molar-refractivity contribution in [1.82, 2.24) is 0 Å². The lowest BCUT2D eigenvalue weighted by Gasteiger charge is -2.29. The summed E-state index contributed by atoms with van der Waals surface area (Å²) < 4.78 is 16.3. The van der Waals surface area contributed by atoms with E-state index in [0.717, 1.165) is 37.7 Å². The number of anilines is 2. The summed E-state index contributed by atoms with van der Waals surface area (Å²) in [6.45, 7) is 4.97. The van der Waals surface area contributed by atoms with Crippen LogP contribution in [0, 0.1) is 0 Å². The fourth-order valence-electron chi connectivity index (χ4n) is 2.78. The maximum Gasteiger partial charge on any atom is 0.265 e. The SMILES string of the molecule is COc1ccccc1O[C@H](C)C(=O)Nc1ccc(N2CCOCC2)cc1. The van der Waals surface area contributed by atoms with Crippen molar-refractivity contribution in [3.05, 3.63) is 48.5 Å². The molecule has 2 aromatic rings. The standard InChI is InChI=1S/C20H24N2O4/c1-15(26-19-6-4-3-5-18(19)24-2)20(23)21-16-7-9-17(10-8-16)22-11-13-25-14-12-22/h3-10,15H,11-14H2,1-2H3,(H,21,23)/t15-/m1/s1.